The van der Waals surface area contributed by atoms with E-state index in [9.17, 15) is 4.79 Å². The van der Waals surface area contributed by atoms with E-state index in [0.717, 1.165) is 6.08 Å². The number of rotatable bonds is 4. The number of hydrogen-bond acceptors (Lipinski definition) is 3. The van der Waals surface area contributed by atoms with E-state index >= 15 is 0 Å². The summed E-state index contributed by atoms with van der Waals surface area (Å²) in [7, 11) is 0. The molecule has 0 saturated heterocycles. The molecule has 0 heterocycles. The van der Waals surface area contributed by atoms with Crippen LogP contribution < -0.4 is 5.32 Å². The zero-order chi connectivity index (χ0) is 7.98. The highest BCUT2D eigenvalue weighted by Crippen LogP contribution is 1.74. The Kier molecular flexibility index (Phi) is 4.32. The summed E-state index contributed by atoms with van der Waals surface area (Å²) in [5.41, 5.74) is 0. The molecular formula is C6H11NO3. The van der Waals surface area contributed by atoms with Crippen LogP contribution in [0.2, 0.25) is 0 Å². The molecule has 0 rings (SSSR count). The van der Waals surface area contributed by atoms with E-state index in [0.29, 0.717) is 6.54 Å². The molecule has 0 aliphatic heterocycles. The van der Waals surface area contributed by atoms with Gasteiger partial charge < -0.3 is 15.5 Å². The summed E-state index contributed by atoms with van der Waals surface area (Å²) in [5.74, 6) is -1.00. The van der Waals surface area contributed by atoms with Gasteiger partial charge >= 0.3 is 5.97 Å². The van der Waals surface area contributed by atoms with Crippen LogP contribution in [0.1, 0.15) is 6.92 Å². The summed E-state index contributed by atoms with van der Waals surface area (Å²) in [4.78, 5) is 9.85. The molecule has 10 heavy (non-hydrogen) atoms. The smallest absolute Gasteiger partial charge is 0.329 e. The van der Waals surface area contributed by atoms with Crippen molar-refractivity contribution in [1.82, 2.24) is 5.32 Å². The molecule has 4 nitrogen and oxygen atoms in total. The van der Waals surface area contributed by atoms with Crippen LogP contribution in [-0.4, -0.2) is 28.8 Å². The van der Waals surface area contributed by atoms with Gasteiger partial charge in [-0.1, -0.05) is 0 Å². The molecule has 0 aromatic rings. The van der Waals surface area contributed by atoms with E-state index in [-0.39, 0.29) is 0 Å². The number of aliphatic hydroxyl groups is 1. The first-order chi connectivity index (χ1) is 4.63. The van der Waals surface area contributed by atoms with Gasteiger partial charge in [-0.05, 0) is 6.92 Å². The number of hydrogen-bond donors (Lipinski definition) is 3. The average molecular weight is 145 g/mol. The number of aliphatic hydroxyl groups excluding tert-OH is 1. The second-order valence-electron chi connectivity index (χ2n) is 1.93. The summed E-state index contributed by atoms with van der Waals surface area (Å²) in [5, 5.41) is 19.4. The Bertz CT molecular complexity index is 131. The number of carboxylic acid groups (broad SMARTS) is 1. The highest BCUT2D eigenvalue weighted by atomic mass is 16.4. The summed E-state index contributed by atoms with van der Waals surface area (Å²) in [6.45, 7) is 1.98. The molecule has 0 aromatic heterocycles. The zero-order valence-corrected chi connectivity index (χ0v) is 5.74. The molecule has 4 heteroatoms. The maximum atomic E-state index is 9.85. The molecular weight excluding hydrogens is 134 g/mol. The normalized spacial score (nSPS) is 13.4. The van der Waals surface area contributed by atoms with Gasteiger partial charge in [-0.25, -0.2) is 4.79 Å². The molecule has 0 spiro atoms. The van der Waals surface area contributed by atoms with Crippen LogP contribution in [-0.2, 0) is 4.79 Å². The van der Waals surface area contributed by atoms with Gasteiger partial charge in [0, 0.05) is 18.8 Å². The average Bonchev–Trinajstić information content (AvgIpc) is 1.79. The number of aliphatic carboxylic acids is 1. The van der Waals surface area contributed by atoms with E-state index in [1.807, 2.05) is 0 Å². The lowest BCUT2D eigenvalue weighted by atomic mass is 10.4. The number of carboxylic acids is 1. The summed E-state index contributed by atoms with van der Waals surface area (Å²) < 4.78 is 0. The topological polar surface area (TPSA) is 69.6 Å². The van der Waals surface area contributed by atoms with Crippen molar-refractivity contribution >= 4 is 5.97 Å². The molecule has 0 aliphatic carbocycles. The number of nitrogens with one attached hydrogen (secondary N) is 1. The Labute approximate surface area is 59.2 Å². The van der Waals surface area contributed by atoms with Crippen LogP contribution >= 0.6 is 0 Å². The molecule has 58 valence electrons. The molecule has 0 amide bonds. The predicted molar refractivity (Wildman–Crippen MR) is 36.5 cm³/mol. The van der Waals surface area contributed by atoms with Gasteiger partial charge in [0.1, 0.15) is 0 Å². The van der Waals surface area contributed by atoms with Crippen molar-refractivity contribution in [1.29, 1.82) is 0 Å². The molecule has 0 saturated carbocycles. The van der Waals surface area contributed by atoms with Crippen LogP contribution in [0.3, 0.4) is 0 Å². The molecule has 3 N–H and O–H groups in total. The summed E-state index contributed by atoms with van der Waals surface area (Å²) >= 11 is 0. The van der Waals surface area contributed by atoms with E-state index in [4.69, 9.17) is 10.2 Å². The Hall–Kier alpha value is -1.03. The summed E-state index contributed by atoms with van der Waals surface area (Å²) in [6.07, 6.45) is 1.80. The fourth-order valence-corrected chi connectivity index (χ4v) is 0.369. The van der Waals surface area contributed by atoms with Gasteiger partial charge in [-0.2, -0.15) is 0 Å². The first-order valence-corrected chi connectivity index (χ1v) is 2.94. The lowest BCUT2D eigenvalue weighted by Gasteiger charge is -2.01. The summed E-state index contributed by atoms with van der Waals surface area (Å²) in [6, 6.07) is 0. The Morgan fingerprint density at radius 3 is 2.80 bits per heavy atom. The van der Waals surface area contributed by atoms with Crippen molar-refractivity contribution < 1.29 is 15.0 Å². The Morgan fingerprint density at radius 2 is 2.40 bits per heavy atom. The molecule has 0 fully saturated rings. The monoisotopic (exact) mass is 145 g/mol. The molecule has 0 bridgehead atoms. The van der Waals surface area contributed by atoms with Crippen LogP contribution in [0.4, 0.5) is 0 Å². The van der Waals surface area contributed by atoms with Crippen molar-refractivity contribution in [3.05, 3.63) is 12.3 Å². The van der Waals surface area contributed by atoms with Gasteiger partial charge in [-0.3, -0.25) is 0 Å². The standard InChI is InChI=1S/C6H11NO3/c1-5(8)4-7-3-2-6(9)10/h2-3,5,7-8H,4H2,1H3,(H,9,10)/b3-2+. The van der Waals surface area contributed by atoms with E-state index in [1.165, 1.54) is 6.20 Å². The van der Waals surface area contributed by atoms with Crippen molar-refractivity contribution in [3.8, 4) is 0 Å². The highest BCUT2D eigenvalue weighted by Gasteiger charge is 1.89. The van der Waals surface area contributed by atoms with Crippen LogP contribution in [0.5, 0.6) is 0 Å². The van der Waals surface area contributed by atoms with E-state index in [2.05, 4.69) is 5.32 Å². The van der Waals surface area contributed by atoms with Gasteiger partial charge in [0.05, 0.1) is 6.10 Å². The first-order valence-electron chi connectivity index (χ1n) is 2.94. The minimum Gasteiger partial charge on any atom is -0.478 e. The minimum absolute atomic E-state index is 0.365. The molecule has 0 aliphatic rings. The minimum atomic E-state index is -1.00. The first kappa shape index (κ1) is 8.97. The Balaban J connectivity index is 3.27. The van der Waals surface area contributed by atoms with Gasteiger partial charge in [-0.15, -0.1) is 0 Å². The zero-order valence-electron chi connectivity index (χ0n) is 5.74. The number of carbonyl (C=O) groups is 1. The largest absolute Gasteiger partial charge is 0.478 e. The van der Waals surface area contributed by atoms with Crippen LogP contribution in [0, 0.1) is 0 Å². The quantitative estimate of drug-likeness (QED) is 0.469. The molecule has 0 radical (unpaired) electrons. The lowest BCUT2D eigenvalue weighted by Crippen LogP contribution is -2.19. The van der Waals surface area contributed by atoms with E-state index in [1.54, 1.807) is 6.92 Å². The van der Waals surface area contributed by atoms with Crippen LogP contribution in [0.15, 0.2) is 12.3 Å². The van der Waals surface area contributed by atoms with Crippen LogP contribution in [0.25, 0.3) is 0 Å². The second-order valence-corrected chi connectivity index (χ2v) is 1.93. The molecule has 1 unspecified atom stereocenters. The SMILES string of the molecule is CC(O)CN/C=C/C(=O)O. The van der Waals surface area contributed by atoms with Crippen molar-refractivity contribution in [2.45, 2.75) is 13.0 Å². The second kappa shape index (κ2) is 4.81. The Morgan fingerprint density at radius 1 is 1.80 bits per heavy atom. The van der Waals surface area contributed by atoms with Gasteiger partial charge in [0.2, 0.25) is 0 Å². The van der Waals surface area contributed by atoms with Crippen molar-refractivity contribution in [2.75, 3.05) is 6.54 Å². The highest BCUT2D eigenvalue weighted by molar-refractivity contribution is 5.79. The predicted octanol–water partition coefficient (Wildman–Crippen LogP) is -0.445. The van der Waals surface area contributed by atoms with E-state index < -0.39 is 12.1 Å². The maximum absolute atomic E-state index is 9.85. The molecule has 0 aromatic carbocycles. The van der Waals surface area contributed by atoms with Gasteiger partial charge in [0.25, 0.3) is 0 Å². The van der Waals surface area contributed by atoms with Crippen molar-refractivity contribution in [2.24, 2.45) is 0 Å². The fourth-order valence-electron chi connectivity index (χ4n) is 0.369. The fraction of sp³-hybridized carbons (Fsp3) is 0.500. The maximum Gasteiger partial charge on any atom is 0.329 e. The van der Waals surface area contributed by atoms with Crippen molar-refractivity contribution in [3.63, 3.8) is 0 Å². The third-order valence-electron chi connectivity index (χ3n) is 0.757. The third kappa shape index (κ3) is 6.97. The third-order valence-corrected chi connectivity index (χ3v) is 0.757. The lowest BCUT2D eigenvalue weighted by molar-refractivity contribution is -0.131. The van der Waals surface area contributed by atoms with Gasteiger partial charge in [0.15, 0.2) is 0 Å². The molecule has 1 atom stereocenters.